The molecule has 6 atom stereocenters. The van der Waals surface area contributed by atoms with Crippen molar-refractivity contribution in [3.8, 4) is 11.6 Å². The average Bonchev–Trinajstić information content (AvgIpc) is 3.71. The minimum absolute atomic E-state index is 0.134. The molecule has 6 rings (SSSR count). The second-order valence-corrected chi connectivity index (χ2v) is 14.5. The SMILES string of the molecule is CC(=O)[C@@H]1[C@H](C)[C@@H]2CN1C(=O)[C@H](C(C)(C)C)NC(=O)O[C@@H]1C[C@H]1CCCCCc1nc3ccc(OCCNc4ncccn4)cc3nc1O2. The number of carbonyl (C=O) groups excluding carboxylic acids is 3. The molecule has 3 aliphatic rings. The number of Topliss-reactive ketones (excluding diaryl/α,β-unsaturated/α-hetero) is 1. The largest absolute Gasteiger partial charge is 0.492 e. The topological polar surface area (TPSA) is 158 Å². The molecule has 1 aromatic carbocycles. The van der Waals surface area contributed by atoms with Crippen LogP contribution in [-0.4, -0.2) is 86.6 Å². The first-order valence-corrected chi connectivity index (χ1v) is 17.4. The van der Waals surface area contributed by atoms with Gasteiger partial charge in [-0.15, -0.1) is 0 Å². The number of amides is 2. The molecule has 2 bridgehead atoms. The van der Waals surface area contributed by atoms with Crippen LogP contribution in [0.4, 0.5) is 10.7 Å². The third-order valence-corrected chi connectivity index (χ3v) is 9.63. The van der Waals surface area contributed by atoms with Gasteiger partial charge in [-0.2, -0.15) is 0 Å². The minimum atomic E-state index is -0.895. The number of rotatable bonds is 6. The number of alkyl carbamates (subject to hydrolysis) is 1. The van der Waals surface area contributed by atoms with E-state index in [4.69, 9.17) is 24.2 Å². The molecule has 3 aromatic rings. The van der Waals surface area contributed by atoms with Gasteiger partial charge in [0, 0.05) is 24.4 Å². The summed E-state index contributed by atoms with van der Waals surface area (Å²) in [5.41, 5.74) is 1.46. The smallest absolute Gasteiger partial charge is 0.408 e. The highest BCUT2D eigenvalue weighted by Gasteiger charge is 2.49. The summed E-state index contributed by atoms with van der Waals surface area (Å²) in [5.74, 6) is 1.09. The van der Waals surface area contributed by atoms with Gasteiger partial charge in [-0.1, -0.05) is 40.5 Å². The maximum atomic E-state index is 14.2. The number of hydrogen-bond donors (Lipinski definition) is 2. The van der Waals surface area contributed by atoms with E-state index < -0.39 is 29.7 Å². The standard InChI is InChI=1S/C36H47N7O6/c1-21-29-20-43(30(21)22(2)44)33(45)31(36(3,4)5)42-35(46)49-28-18-23(28)10-7-6-8-11-26-32(48-29)41-27-19-24(12-13-25(27)40-26)47-17-16-39-34-37-14-9-15-38-34/h9,12-15,19,21,23,28-31H,6-8,10-11,16-18,20H2,1-5H3,(H,42,46)(H,37,38,39)/t21-,23-,28-,29+,30+,31-/m1/s1. The number of nitrogens with one attached hydrogen (secondary N) is 2. The van der Waals surface area contributed by atoms with Gasteiger partial charge in [-0.05, 0) is 62.1 Å². The zero-order chi connectivity index (χ0) is 34.7. The molecule has 0 unspecified atom stereocenters. The first-order valence-electron chi connectivity index (χ1n) is 17.4. The van der Waals surface area contributed by atoms with Crippen molar-refractivity contribution in [3.05, 3.63) is 42.4 Å². The Kier molecular flexibility index (Phi) is 10.2. The number of aryl methyl sites for hydroxylation is 1. The van der Waals surface area contributed by atoms with Gasteiger partial charge in [-0.3, -0.25) is 9.59 Å². The van der Waals surface area contributed by atoms with Crippen LogP contribution in [0.15, 0.2) is 36.7 Å². The fourth-order valence-electron chi connectivity index (χ4n) is 6.84. The van der Waals surface area contributed by atoms with E-state index in [9.17, 15) is 14.4 Å². The van der Waals surface area contributed by atoms with Gasteiger partial charge in [0.1, 0.15) is 36.3 Å². The second kappa shape index (κ2) is 14.5. The van der Waals surface area contributed by atoms with Crippen molar-refractivity contribution in [2.45, 2.75) is 97.4 Å². The molecule has 0 radical (unpaired) electrons. The fraction of sp³-hybridized carbons (Fsp3) is 0.583. The Hall–Kier alpha value is -4.55. The summed E-state index contributed by atoms with van der Waals surface area (Å²) in [4.78, 5) is 60.0. The van der Waals surface area contributed by atoms with Crippen LogP contribution in [0.25, 0.3) is 11.0 Å². The molecule has 0 spiro atoms. The number of benzene rings is 1. The first-order chi connectivity index (χ1) is 23.5. The summed E-state index contributed by atoms with van der Waals surface area (Å²) in [6.07, 6.45) is 7.46. The van der Waals surface area contributed by atoms with Crippen LogP contribution in [0.5, 0.6) is 11.6 Å². The predicted octanol–water partition coefficient (Wildman–Crippen LogP) is 4.74. The highest BCUT2D eigenvalue weighted by atomic mass is 16.6. The van der Waals surface area contributed by atoms with Gasteiger partial charge >= 0.3 is 6.09 Å². The lowest BCUT2D eigenvalue weighted by Crippen LogP contribution is -2.57. The van der Waals surface area contributed by atoms with Crippen molar-refractivity contribution >= 4 is 34.8 Å². The summed E-state index contributed by atoms with van der Waals surface area (Å²) in [5, 5.41) is 5.97. The van der Waals surface area contributed by atoms with Crippen LogP contribution in [0.3, 0.4) is 0 Å². The second-order valence-electron chi connectivity index (χ2n) is 14.5. The molecular formula is C36H47N7O6. The van der Waals surface area contributed by atoms with E-state index in [1.165, 1.54) is 6.92 Å². The zero-order valence-corrected chi connectivity index (χ0v) is 29.0. The average molecular weight is 674 g/mol. The number of anilines is 1. The number of nitrogens with zero attached hydrogens (tertiary/aromatic N) is 5. The Bertz CT molecular complexity index is 1660. The number of ketones is 1. The molecule has 13 nitrogen and oxygen atoms in total. The third kappa shape index (κ3) is 8.19. The molecule has 262 valence electrons. The lowest BCUT2D eigenvalue weighted by atomic mass is 9.85. The normalized spacial score (nSPS) is 26.3. The Morgan fingerprint density at radius 1 is 1.06 bits per heavy atom. The maximum Gasteiger partial charge on any atom is 0.408 e. The van der Waals surface area contributed by atoms with Crippen LogP contribution in [0, 0.1) is 17.3 Å². The van der Waals surface area contributed by atoms with E-state index in [-0.39, 0.29) is 30.3 Å². The Balaban J connectivity index is 1.26. The number of fused-ring (bicyclic) bond motifs is 5. The van der Waals surface area contributed by atoms with E-state index in [1.54, 1.807) is 23.4 Å². The quantitative estimate of drug-likeness (QED) is 0.348. The summed E-state index contributed by atoms with van der Waals surface area (Å²) in [7, 11) is 0. The maximum absolute atomic E-state index is 14.2. The summed E-state index contributed by atoms with van der Waals surface area (Å²) in [6, 6.07) is 5.76. The van der Waals surface area contributed by atoms with Gasteiger partial charge in [-0.25, -0.2) is 24.7 Å². The Morgan fingerprint density at radius 3 is 2.61 bits per heavy atom. The van der Waals surface area contributed by atoms with E-state index in [2.05, 4.69) is 20.6 Å². The van der Waals surface area contributed by atoms with E-state index in [0.29, 0.717) is 48.6 Å². The molecule has 1 aliphatic carbocycles. The molecule has 13 heteroatoms. The first kappa shape index (κ1) is 34.3. The van der Waals surface area contributed by atoms with E-state index in [0.717, 1.165) is 43.3 Å². The van der Waals surface area contributed by atoms with Gasteiger partial charge in [0.15, 0.2) is 5.78 Å². The predicted molar refractivity (Wildman–Crippen MR) is 182 cm³/mol. The van der Waals surface area contributed by atoms with Crippen molar-refractivity contribution in [1.29, 1.82) is 0 Å². The van der Waals surface area contributed by atoms with Gasteiger partial charge < -0.3 is 29.7 Å². The van der Waals surface area contributed by atoms with Crippen molar-refractivity contribution in [3.63, 3.8) is 0 Å². The lowest BCUT2D eigenvalue weighted by molar-refractivity contribution is -0.141. The van der Waals surface area contributed by atoms with Crippen LogP contribution >= 0.6 is 0 Å². The monoisotopic (exact) mass is 673 g/mol. The number of carbonyl (C=O) groups is 3. The molecule has 2 N–H and O–H groups in total. The summed E-state index contributed by atoms with van der Waals surface area (Å²) in [6.45, 7) is 10.1. The molecule has 2 amide bonds. The highest BCUT2D eigenvalue weighted by Crippen LogP contribution is 2.39. The molecule has 1 saturated heterocycles. The van der Waals surface area contributed by atoms with Crippen LogP contribution < -0.4 is 20.1 Å². The molecule has 2 aromatic heterocycles. The lowest BCUT2D eigenvalue weighted by Gasteiger charge is -2.35. The third-order valence-electron chi connectivity index (χ3n) is 9.63. The van der Waals surface area contributed by atoms with E-state index in [1.807, 2.05) is 45.9 Å². The van der Waals surface area contributed by atoms with Crippen molar-refractivity contribution in [2.75, 3.05) is 25.0 Å². The van der Waals surface area contributed by atoms with Gasteiger partial charge in [0.05, 0.1) is 30.2 Å². The molecule has 2 fully saturated rings. The zero-order valence-electron chi connectivity index (χ0n) is 29.0. The number of ether oxygens (including phenoxy) is 3. The molecule has 4 heterocycles. The van der Waals surface area contributed by atoms with Crippen molar-refractivity contribution in [2.24, 2.45) is 17.3 Å². The molecule has 1 saturated carbocycles. The summed E-state index contributed by atoms with van der Waals surface area (Å²) < 4.78 is 18.3. The summed E-state index contributed by atoms with van der Waals surface area (Å²) >= 11 is 0. The van der Waals surface area contributed by atoms with Crippen LogP contribution in [0.2, 0.25) is 0 Å². The number of aromatic nitrogens is 4. The van der Waals surface area contributed by atoms with Crippen molar-refractivity contribution < 1.29 is 28.6 Å². The Labute approximate surface area is 286 Å². The van der Waals surface area contributed by atoms with Gasteiger partial charge in [0.2, 0.25) is 17.7 Å². The molecular weight excluding hydrogens is 626 g/mol. The van der Waals surface area contributed by atoms with Crippen LogP contribution in [-0.2, 0) is 20.7 Å². The van der Waals surface area contributed by atoms with Gasteiger partial charge in [0.25, 0.3) is 0 Å². The number of hydrogen-bond acceptors (Lipinski definition) is 11. The van der Waals surface area contributed by atoms with Crippen molar-refractivity contribution in [1.82, 2.24) is 30.2 Å². The Morgan fingerprint density at radius 2 is 1.86 bits per heavy atom. The minimum Gasteiger partial charge on any atom is -0.492 e. The highest BCUT2D eigenvalue weighted by molar-refractivity contribution is 5.92. The van der Waals surface area contributed by atoms with E-state index >= 15 is 0 Å². The fourth-order valence-corrected chi connectivity index (χ4v) is 6.84. The molecule has 49 heavy (non-hydrogen) atoms. The molecule has 2 aliphatic heterocycles. The van der Waals surface area contributed by atoms with Crippen LogP contribution in [0.1, 0.15) is 72.4 Å².